The van der Waals surface area contributed by atoms with E-state index in [2.05, 4.69) is 58.7 Å². The van der Waals surface area contributed by atoms with Crippen LogP contribution in [-0.4, -0.2) is 70.8 Å². The Bertz CT molecular complexity index is 944. The van der Waals surface area contributed by atoms with Gasteiger partial charge in [-0.15, -0.1) is 0 Å². The van der Waals surface area contributed by atoms with Crippen LogP contribution in [0.3, 0.4) is 0 Å². The van der Waals surface area contributed by atoms with Crippen LogP contribution in [0.2, 0.25) is 0 Å². The molecule has 0 aromatic heterocycles. The first-order chi connectivity index (χ1) is 16.0. The van der Waals surface area contributed by atoms with Gasteiger partial charge in [-0.05, 0) is 24.0 Å². The third kappa shape index (κ3) is 4.50. The number of nitrogens with one attached hydrogen (secondary N) is 1. The predicted molar refractivity (Wildman–Crippen MR) is 126 cm³/mol. The first-order valence-electron chi connectivity index (χ1n) is 11.7. The summed E-state index contributed by atoms with van der Waals surface area (Å²) in [5, 5.41) is 2.79. The van der Waals surface area contributed by atoms with Gasteiger partial charge in [0.05, 0.1) is 6.04 Å². The molecule has 2 saturated heterocycles. The quantitative estimate of drug-likeness (QED) is 0.661. The van der Waals surface area contributed by atoms with Gasteiger partial charge in [0.1, 0.15) is 12.1 Å². The number of piperazine rings is 1. The molecule has 0 saturated carbocycles. The van der Waals surface area contributed by atoms with Crippen LogP contribution in [0.1, 0.15) is 43.9 Å². The zero-order chi connectivity index (χ0) is 23.4. The molecule has 0 aliphatic carbocycles. The van der Waals surface area contributed by atoms with Crippen LogP contribution >= 0.6 is 0 Å². The predicted octanol–water partition coefficient (Wildman–Crippen LogP) is 3.03. The van der Waals surface area contributed by atoms with Crippen molar-refractivity contribution < 1.29 is 14.4 Å². The molecule has 2 fully saturated rings. The second kappa shape index (κ2) is 9.75. The SMILES string of the molecule is CCC1(CC)NC(=O)N(CC(=O)N2CCN(C(c3ccccc3)c3ccccc3)CC2)C1=O. The van der Waals surface area contributed by atoms with Crippen molar-refractivity contribution in [2.45, 2.75) is 38.3 Å². The molecule has 2 aromatic carbocycles. The molecule has 0 radical (unpaired) electrons. The van der Waals surface area contributed by atoms with Crippen LogP contribution in [0.15, 0.2) is 60.7 Å². The Hall–Kier alpha value is -3.19. The van der Waals surface area contributed by atoms with E-state index in [4.69, 9.17) is 0 Å². The van der Waals surface area contributed by atoms with E-state index in [9.17, 15) is 14.4 Å². The van der Waals surface area contributed by atoms with E-state index in [0.717, 1.165) is 4.90 Å². The van der Waals surface area contributed by atoms with Gasteiger partial charge in [-0.3, -0.25) is 19.4 Å². The number of rotatable bonds is 7. The Morgan fingerprint density at radius 2 is 1.39 bits per heavy atom. The van der Waals surface area contributed by atoms with Gasteiger partial charge in [0.2, 0.25) is 5.91 Å². The Labute approximate surface area is 195 Å². The second-order valence-electron chi connectivity index (χ2n) is 8.75. The fraction of sp³-hybridized carbons (Fsp3) is 0.423. The maximum absolute atomic E-state index is 13.0. The van der Waals surface area contributed by atoms with Gasteiger partial charge in [-0.1, -0.05) is 74.5 Å². The second-order valence-corrected chi connectivity index (χ2v) is 8.75. The largest absolute Gasteiger partial charge is 0.339 e. The summed E-state index contributed by atoms with van der Waals surface area (Å²) in [5.74, 6) is -0.477. The van der Waals surface area contributed by atoms with Gasteiger partial charge in [-0.2, -0.15) is 0 Å². The maximum Gasteiger partial charge on any atom is 0.325 e. The van der Waals surface area contributed by atoms with E-state index in [1.165, 1.54) is 11.1 Å². The van der Waals surface area contributed by atoms with E-state index in [1.807, 2.05) is 26.0 Å². The van der Waals surface area contributed by atoms with Crippen LogP contribution in [0, 0.1) is 0 Å². The summed E-state index contributed by atoms with van der Waals surface area (Å²) in [6, 6.07) is 20.4. The summed E-state index contributed by atoms with van der Waals surface area (Å²) in [6.07, 6.45) is 1.02. The lowest BCUT2D eigenvalue weighted by Gasteiger charge is -2.40. The summed E-state index contributed by atoms with van der Waals surface area (Å²) in [4.78, 5) is 43.5. The minimum absolute atomic E-state index is 0.116. The van der Waals surface area contributed by atoms with Crippen LogP contribution in [0.5, 0.6) is 0 Å². The fourth-order valence-corrected chi connectivity index (χ4v) is 4.90. The first kappa shape index (κ1) is 23.0. The molecule has 7 heteroatoms. The summed E-state index contributed by atoms with van der Waals surface area (Å²) in [5.41, 5.74) is 1.56. The average molecular weight is 449 g/mol. The van der Waals surface area contributed by atoms with E-state index >= 15 is 0 Å². The van der Waals surface area contributed by atoms with Gasteiger partial charge in [0.25, 0.3) is 5.91 Å². The van der Waals surface area contributed by atoms with Crippen molar-refractivity contribution >= 4 is 17.8 Å². The minimum Gasteiger partial charge on any atom is -0.339 e. The number of imide groups is 1. The maximum atomic E-state index is 13.0. The van der Waals surface area contributed by atoms with Gasteiger partial charge in [0, 0.05) is 26.2 Å². The molecule has 0 atom stereocenters. The highest BCUT2D eigenvalue weighted by atomic mass is 16.2. The lowest BCUT2D eigenvalue weighted by molar-refractivity contribution is -0.140. The molecule has 2 aromatic rings. The van der Waals surface area contributed by atoms with E-state index in [-0.39, 0.29) is 24.4 Å². The molecule has 33 heavy (non-hydrogen) atoms. The number of nitrogens with zero attached hydrogens (tertiary/aromatic N) is 3. The van der Waals surface area contributed by atoms with Gasteiger partial charge in [-0.25, -0.2) is 4.79 Å². The third-order valence-electron chi connectivity index (χ3n) is 7.01. The molecule has 4 rings (SSSR count). The molecular formula is C26H32N4O3. The fourth-order valence-electron chi connectivity index (χ4n) is 4.90. The van der Waals surface area contributed by atoms with Crippen LogP contribution < -0.4 is 5.32 Å². The van der Waals surface area contributed by atoms with E-state index in [1.54, 1.807) is 4.90 Å². The summed E-state index contributed by atoms with van der Waals surface area (Å²) in [7, 11) is 0. The molecule has 0 spiro atoms. The van der Waals surface area contributed by atoms with Crippen molar-refractivity contribution in [1.29, 1.82) is 0 Å². The molecule has 2 aliphatic rings. The number of benzene rings is 2. The monoisotopic (exact) mass is 448 g/mol. The number of hydrogen-bond donors (Lipinski definition) is 1. The highest BCUT2D eigenvalue weighted by Crippen LogP contribution is 2.30. The Morgan fingerprint density at radius 1 is 0.879 bits per heavy atom. The van der Waals surface area contributed by atoms with Gasteiger partial charge < -0.3 is 10.2 Å². The van der Waals surface area contributed by atoms with Crippen LogP contribution in [0.4, 0.5) is 4.79 Å². The van der Waals surface area contributed by atoms with Crippen molar-refractivity contribution in [3.63, 3.8) is 0 Å². The van der Waals surface area contributed by atoms with Crippen LogP contribution in [-0.2, 0) is 9.59 Å². The zero-order valence-electron chi connectivity index (χ0n) is 19.4. The highest BCUT2D eigenvalue weighted by molar-refractivity contribution is 6.09. The first-order valence-corrected chi connectivity index (χ1v) is 11.7. The van der Waals surface area contributed by atoms with E-state index < -0.39 is 11.6 Å². The topological polar surface area (TPSA) is 73.0 Å². The molecule has 0 unspecified atom stereocenters. The number of urea groups is 1. The lowest BCUT2D eigenvalue weighted by atomic mass is 9.93. The minimum atomic E-state index is -0.880. The Morgan fingerprint density at radius 3 is 1.85 bits per heavy atom. The zero-order valence-corrected chi connectivity index (χ0v) is 19.4. The molecule has 2 aliphatic heterocycles. The normalized spacial score (nSPS) is 18.6. The summed E-state index contributed by atoms with van der Waals surface area (Å²) in [6.45, 7) is 6.11. The van der Waals surface area contributed by atoms with Crippen LogP contribution in [0.25, 0.3) is 0 Å². The molecular weight excluding hydrogens is 416 g/mol. The average Bonchev–Trinajstić information content (AvgIpc) is 3.10. The van der Waals surface area contributed by atoms with Crippen molar-refractivity contribution in [2.75, 3.05) is 32.7 Å². The number of hydrogen-bond acceptors (Lipinski definition) is 4. The van der Waals surface area contributed by atoms with Crippen molar-refractivity contribution in [1.82, 2.24) is 20.0 Å². The summed E-state index contributed by atoms with van der Waals surface area (Å²) >= 11 is 0. The lowest BCUT2D eigenvalue weighted by Crippen LogP contribution is -2.53. The van der Waals surface area contributed by atoms with Crippen molar-refractivity contribution in [2.24, 2.45) is 0 Å². The number of carbonyl (C=O) groups excluding carboxylic acids is 3. The summed E-state index contributed by atoms with van der Waals surface area (Å²) < 4.78 is 0. The van der Waals surface area contributed by atoms with Gasteiger partial charge in [0.15, 0.2) is 0 Å². The molecule has 4 amide bonds. The highest BCUT2D eigenvalue weighted by Gasteiger charge is 2.49. The molecule has 7 nitrogen and oxygen atoms in total. The van der Waals surface area contributed by atoms with E-state index in [0.29, 0.717) is 39.0 Å². The van der Waals surface area contributed by atoms with Gasteiger partial charge >= 0.3 is 6.03 Å². The standard InChI is InChI=1S/C26H32N4O3/c1-3-26(4-2)24(32)30(25(33)27-26)19-22(31)28-15-17-29(18-16-28)23(20-11-7-5-8-12-20)21-13-9-6-10-14-21/h5-14,23H,3-4,15-19H2,1-2H3,(H,27,33). The Balaban J connectivity index is 1.42. The third-order valence-corrected chi connectivity index (χ3v) is 7.01. The van der Waals surface area contributed by atoms with Crippen molar-refractivity contribution in [3.05, 3.63) is 71.8 Å². The van der Waals surface area contributed by atoms with Crippen molar-refractivity contribution in [3.8, 4) is 0 Å². The molecule has 0 bridgehead atoms. The molecule has 1 N–H and O–H groups in total. The number of carbonyl (C=O) groups is 3. The number of amides is 4. The Kier molecular flexibility index (Phi) is 6.79. The molecule has 174 valence electrons. The smallest absolute Gasteiger partial charge is 0.325 e. The molecule has 2 heterocycles.